The second-order valence-corrected chi connectivity index (χ2v) is 21.1. The molecule has 0 spiro atoms. The first-order valence-corrected chi connectivity index (χ1v) is 24.7. The van der Waals surface area contributed by atoms with E-state index in [0.29, 0.717) is 11.1 Å². The second-order valence-electron chi connectivity index (χ2n) is 21.1. The lowest BCUT2D eigenvalue weighted by Gasteiger charge is -2.27. The number of anilines is 6. The minimum atomic E-state index is -0.156. The van der Waals surface area contributed by atoms with Crippen LogP contribution in [0.3, 0.4) is 0 Å². The van der Waals surface area contributed by atoms with Crippen LogP contribution < -0.4 is 9.80 Å². The van der Waals surface area contributed by atoms with Crippen molar-refractivity contribution in [2.75, 3.05) is 9.80 Å². The molecule has 0 amide bonds. The van der Waals surface area contributed by atoms with Crippen LogP contribution in [0.15, 0.2) is 195 Å². The average molecular weight is 945 g/mol. The van der Waals surface area contributed by atoms with E-state index in [-0.39, 0.29) is 10.8 Å². The van der Waals surface area contributed by atoms with Gasteiger partial charge in [0.15, 0.2) is 11.2 Å². The van der Waals surface area contributed by atoms with Crippen LogP contribution in [-0.2, 0) is 10.8 Å². The highest BCUT2D eigenvalue weighted by Gasteiger charge is 2.29. The number of hydrogen-bond donors (Lipinski definition) is 0. The molecule has 3 aromatic heterocycles. The molecule has 0 N–H and O–H groups in total. The predicted molar refractivity (Wildman–Crippen MR) is 299 cm³/mol. The van der Waals surface area contributed by atoms with Crippen LogP contribution in [-0.4, -0.2) is 0 Å². The fraction of sp³-hybridized carbons (Fsp3) is 0.121. The van der Waals surface area contributed by atoms with Crippen molar-refractivity contribution in [3.63, 3.8) is 0 Å². The third-order valence-corrected chi connectivity index (χ3v) is 14.5. The van der Waals surface area contributed by atoms with Crippen molar-refractivity contribution >= 4 is 121 Å². The third-order valence-electron chi connectivity index (χ3n) is 14.5. The van der Waals surface area contributed by atoms with Gasteiger partial charge in [0.05, 0.1) is 46.0 Å². The topological polar surface area (TPSA) is 93.5 Å². The number of benzene rings is 10. The van der Waals surface area contributed by atoms with Gasteiger partial charge in [-0.1, -0.05) is 151 Å². The van der Waals surface area contributed by atoms with E-state index in [1.165, 1.54) is 0 Å². The molecule has 7 heteroatoms. The summed E-state index contributed by atoms with van der Waals surface area (Å²) in [5.74, 6) is 0. The summed E-state index contributed by atoms with van der Waals surface area (Å²) in [6.45, 7) is 13.3. The van der Waals surface area contributed by atoms with E-state index in [2.05, 4.69) is 197 Å². The van der Waals surface area contributed by atoms with Crippen molar-refractivity contribution < 1.29 is 13.3 Å². The molecular formula is C66H48N4O3. The lowest BCUT2D eigenvalue weighted by molar-refractivity contribution is 0.572. The Morgan fingerprint density at radius 3 is 1.00 bits per heavy atom. The van der Waals surface area contributed by atoms with Crippen molar-refractivity contribution in [1.82, 2.24) is 0 Å². The van der Waals surface area contributed by atoms with Gasteiger partial charge in [-0.2, -0.15) is 10.5 Å². The zero-order valence-corrected chi connectivity index (χ0v) is 41.3. The van der Waals surface area contributed by atoms with Gasteiger partial charge in [-0.3, -0.25) is 0 Å². The Kier molecular flexibility index (Phi) is 9.65. The molecule has 13 rings (SSSR count). The summed E-state index contributed by atoms with van der Waals surface area (Å²) in [6.07, 6.45) is 0. The molecule has 0 saturated heterocycles. The van der Waals surface area contributed by atoms with Crippen molar-refractivity contribution in [3.05, 3.63) is 204 Å². The molecule has 0 fully saturated rings. The molecule has 0 aliphatic heterocycles. The van der Waals surface area contributed by atoms with Crippen molar-refractivity contribution in [1.29, 1.82) is 10.5 Å². The first-order valence-electron chi connectivity index (χ1n) is 24.7. The molecule has 0 aliphatic rings. The zero-order chi connectivity index (χ0) is 49.9. The van der Waals surface area contributed by atoms with Gasteiger partial charge in [-0.15, -0.1) is 0 Å². The molecule has 73 heavy (non-hydrogen) atoms. The van der Waals surface area contributed by atoms with Gasteiger partial charge in [-0.25, -0.2) is 0 Å². The van der Waals surface area contributed by atoms with Crippen LogP contribution >= 0.6 is 0 Å². The van der Waals surface area contributed by atoms with Gasteiger partial charge in [0, 0.05) is 76.4 Å². The van der Waals surface area contributed by atoms with E-state index >= 15 is 0 Å². The highest BCUT2D eigenvalue weighted by Crippen LogP contribution is 2.52. The number of furan rings is 3. The van der Waals surface area contributed by atoms with Crippen LogP contribution in [0.2, 0.25) is 0 Å². The molecule has 3 heterocycles. The molecule has 0 atom stereocenters. The van der Waals surface area contributed by atoms with E-state index < -0.39 is 0 Å². The Morgan fingerprint density at radius 2 is 0.630 bits per heavy atom. The number of para-hydroxylation sites is 4. The molecule has 10 aromatic carbocycles. The lowest BCUT2D eigenvalue weighted by atomic mass is 9.86. The van der Waals surface area contributed by atoms with E-state index in [1.54, 1.807) is 0 Å². The summed E-state index contributed by atoms with van der Waals surface area (Å²) < 4.78 is 21.4. The van der Waals surface area contributed by atoms with E-state index in [1.807, 2.05) is 48.5 Å². The molecule has 0 saturated carbocycles. The number of fused-ring (bicyclic) bond motifs is 13. The minimum absolute atomic E-state index is 0.156. The van der Waals surface area contributed by atoms with Gasteiger partial charge < -0.3 is 23.1 Å². The molecule has 0 bridgehead atoms. The Hall–Kier alpha value is -9.30. The van der Waals surface area contributed by atoms with Crippen molar-refractivity contribution in [2.24, 2.45) is 0 Å². The predicted octanol–water partition coefficient (Wildman–Crippen LogP) is 19.0. The monoisotopic (exact) mass is 944 g/mol. The van der Waals surface area contributed by atoms with Crippen molar-refractivity contribution in [3.8, 4) is 12.1 Å². The third kappa shape index (κ3) is 6.77. The summed E-state index contributed by atoms with van der Waals surface area (Å²) >= 11 is 0. The smallest absolute Gasteiger partial charge is 0.159 e. The Labute approximate surface area is 421 Å². The normalized spacial score (nSPS) is 12.2. The number of nitrogens with zero attached hydrogens (tertiary/aromatic N) is 4. The Morgan fingerprint density at radius 1 is 0.315 bits per heavy atom. The number of rotatable bonds is 6. The standard InChI is InChI=1S/C66H48N4O3/c1-65(2,3)53-23-11-19-47-49-21-13-25-55(63(49)72-61(47)53)69(41-31-27-39(37-67)28-32-41)57-35-51-52-36-58(44-16-8-10-18-46(44)60(52)71-59(51)45-17-9-7-15-43(45)57)70(42-33-29-40(38-68)30-34-42)56-26-14-22-50-48-20-12-24-54(66(4,5)6)62(48)73-64(50)56/h7-36H,1-6H3. The quantitative estimate of drug-likeness (QED) is 0.164. The first-order chi connectivity index (χ1) is 35.4. The maximum atomic E-state index is 9.97. The first kappa shape index (κ1) is 43.7. The molecule has 13 aromatic rings. The Bertz CT molecular complexity index is 4200. The summed E-state index contributed by atoms with van der Waals surface area (Å²) in [5, 5.41) is 29.8. The number of nitriles is 2. The zero-order valence-electron chi connectivity index (χ0n) is 41.3. The van der Waals surface area contributed by atoms with Crippen LogP contribution in [0.4, 0.5) is 34.1 Å². The summed E-state index contributed by atoms with van der Waals surface area (Å²) in [6, 6.07) is 67.1. The maximum Gasteiger partial charge on any atom is 0.159 e. The summed E-state index contributed by atoms with van der Waals surface area (Å²) in [4.78, 5) is 4.53. The van der Waals surface area contributed by atoms with Gasteiger partial charge in [0.25, 0.3) is 0 Å². The van der Waals surface area contributed by atoms with Crippen LogP contribution in [0.25, 0.3) is 87.4 Å². The average Bonchev–Trinajstić information content (AvgIpc) is 4.11. The van der Waals surface area contributed by atoms with Crippen LogP contribution in [0.5, 0.6) is 0 Å². The molecule has 0 unspecified atom stereocenters. The SMILES string of the molecule is CC(C)(C)c1cccc2c1oc1c(N(c3ccc(C#N)cc3)c3cc4c5cc(N(c6ccc(C#N)cc6)c6cccc7c6oc6c(C(C)(C)C)cccc67)c6ccccc6c5oc4c4ccccc34)cccc12. The van der Waals surface area contributed by atoms with Gasteiger partial charge in [0.2, 0.25) is 0 Å². The van der Waals surface area contributed by atoms with Gasteiger partial charge in [-0.05, 0) is 83.6 Å². The summed E-state index contributed by atoms with van der Waals surface area (Å²) in [7, 11) is 0. The Balaban J connectivity index is 1.12. The summed E-state index contributed by atoms with van der Waals surface area (Å²) in [5.41, 5.74) is 13.2. The molecule has 7 nitrogen and oxygen atoms in total. The lowest BCUT2D eigenvalue weighted by Crippen LogP contribution is -2.11. The van der Waals surface area contributed by atoms with Gasteiger partial charge >= 0.3 is 0 Å². The minimum Gasteiger partial charge on any atom is -0.455 e. The molecule has 0 radical (unpaired) electrons. The van der Waals surface area contributed by atoms with E-state index in [0.717, 1.165) is 133 Å². The maximum absolute atomic E-state index is 9.97. The van der Waals surface area contributed by atoms with Crippen LogP contribution in [0, 0.1) is 22.7 Å². The molecule has 350 valence electrons. The van der Waals surface area contributed by atoms with Crippen LogP contribution in [0.1, 0.15) is 63.8 Å². The molecule has 0 aliphatic carbocycles. The fourth-order valence-electron chi connectivity index (χ4n) is 11.1. The second kappa shape index (κ2) is 16.1. The highest BCUT2D eigenvalue weighted by molar-refractivity contribution is 6.26. The van der Waals surface area contributed by atoms with E-state index in [4.69, 9.17) is 13.3 Å². The highest BCUT2D eigenvalue weighted by atomic mass is 16.3. The van der Waals surface area contributed by atoms with E-state index in [9.17, 15) is 10.5 Å². The molecular weight excluding hydrogens is 897 g/mol. The van der Waals surface area contributed by atoms with Gasteiger partial charge in [0.1, 0.15) is 22.3 Å². The fourth-order valence-corrected chi connectivity index (χ4v) is 11.1. The largest absolute Gasteiger partial charge is 0.455 e. The number of hydrogen-bond acceptors (Lipinski definition) is 7. The van der Waals surface area contributed by atoms with Crippen molar-refractivity contribution in [2.45, 2.75) is 52.4 Å².